The van der Waals surface area contributed by atoms with Crippen molar-refractivity contribution in [3.63, 3.8) is 0 Å². The van der Waals surface area contributed by atoms with Crippen LogP contribution in [0.15, 0.2) is 72.8 Å². The summed E-state index contributed by atoms with van der Waals surface area (Å²) in [6.07, 6.45) is 0.696. The zero-order chi connectivity index (χ0) is 27.1. The molecule has 0 bridgehead atoms. The Hall–Kier alpha value is -4.53. The van der Waals surface area contributed by atoms with E-state index in [-0.39, 0.29) is 18.9 Å². The maximum absolute atomic E-state index is 13.5. The molecule has 3 aromatic carbocycles. The highest BCUT2D eigenvalue weighted by molar-refractivity contribution is 6.22. The van der Waals surface area contributed by atoms with Gasteiger partial charge in [-0.1, -0.05) is 19.1 Å². The number of nitrogens with zero attached hydrogens (tertiary/aromatic N) is 2. The van der Waals surface area contributed by atoms with E-state index >= 15 is 0 Å². The van der Waals surface area contributed by atoms with Gasteiger partial charge in [-0.2, -0.15) is 0 Å². The smallest absolute Gasteiger partial charge is 0.332 e. The predicted molar refractivity (Wildman–Crippen MR) is 144 cm³/mol. The molecule has 0 aliphatic carbocycles. The lowest BCUT2D eigenvalue weighted by Gasteiger charge is -2.22. The molecule has 0 aromatic heterocycles. The van der Waals surface area contributed by atoms with Crippen LogP contribution in [0.25, 0.3) is 0 Å². The number of hydrogen-bond donors (Lipinski definition) is 1. The highest BCUT2D eigenvalue weighted by Gasteiger charge is 2.46. The van der Waals surface area contributed by atoms with E-state index in [9.17, 15) is 14.4 Å². The second kappa shape index (κ2) is 12.1. The molecule has 9 nitrogen and oxygen atoms in total. The van der Waals surface area contributed by atoms with E-state index in [1.165, 1.54) is 12.0 Å². The van der Waals surface area contributed by atoms with Crippen molar-refractivity contribution < 1.29 is 28.6 Å². The Morgan fingerprint density at radius 3 is 2.24 bits per heavy atom. The minimum absolute atomic E-state index is 0.135. The molecule has 9 heteroatoms. The summed E-state index contributed by atoms with van der Waals surface area (Å²) in [5.74, 6) is 1.09. The summed E-state index contributed by atoms with van der Waals surface area (Å²) < 4.78 is 16.1. The molecule has 0 unspecified atom stereocenters. The Balaban J connectivity index is 1.55. The van der Waals surface area contributed by atoms with Crippen LogP contribution in [0.1, 0.15) is 25.3 Å². The highest BCUT2D eigenvalue weighted by atomic mass is 16.5. The van der Waals surface area contributed by atoms with Gasteiger partial charge in [-0.25, -0.2) is 9.69 Å². The lowest BCUT2D eigenvalue weighted by Crippen LogP contribution is -2.37. The zero-order valence-corrected chi connectivity index (χ0v) is 21.7. The van der Waals surface area contributed by atoms with Crippen LogP contribution in [0.4, 0.5) is 16.2 Å². The van der Waals surface area contributed by atoms with Crippen LogP contribution in [-0.4, -0.2) is 49.6 Å². The summed E-state index contributed by atoms with van der Waals surface area (Å²) in [6, 6.07) is 19.4. The number of rotatable bonds is 11. The fourth-order valence-electron chi connectivity index (χ4n) is 4.19. The van der Waals surface area contributed by atoms with E-state index in [0.29, 0.717) is 35.2 Å². The number of nitrogens with one attached hydrogen (secondary N) is 1. The Bertz CT molecular complexity index is 1280. The molecule has 1 fully saturated rings. The minimum Gasteiger partial charge on any atom is -0.497 e. The van der Waals surface area contributed by atoms with Gasteiger partial charge in [-0.15, -0.1) is 0 Å². The summed E-state index contributed by atoms with van der Waals surface area (Å²) in [7, 11) is 3.10. The number of hydrogen-bond acceptors (Lipinski definition) is 6. The Kier molecular flexibility index (Phi) is 8.47. The maximum Gasteiger partial charge on any atom is 0.332 e. The second-order valence-corrected chi connectivity index (χ2v) is 8.77. The molecule has 1 heterocycles. The quantitative estimate of drug-likeness (QED) is 0.365. The van der Waals surface area contributed by atoms with Crippen molar-refractivity contribution in [2.24, 2.45) is 0 Å². The van der Waals surface area contributed by atoms with Gasteiger partial charge < -0.3 is 24.4 Å². The molecule has 198 valence electrons. The van der Waals surface area contributed by atoms with Gasteiger partial charge in [-0.3, -0.25) is 9.59 Å². The van der Waals surface area contributed by atoms with Crippen LogP contribution in [0.3, 0.4) is 0 Å². The van der Waals surface area contributed by atoms with Crippen molar-refractivity contribution in [1.29, 1.82) is 0 Å². The maximum atomic E-state index is 13.5. The van der Waals surface area contributed by atoms with Crippen LogP contribution in [0.5, 0.6) is 17.2 Å². The van der Waals surface area contributed by atoms with Gasteiger partial charge in [-0.05, 0) is 72.6 Å². The number of amides is 4. The number of carbonyl (C=O) groups is 3. The highest BCUT2D eigenvalue weighted by Crippen LogP contribution is 2.30. The first kappa shape index (κ1) is 26.5. The molecule has 0 saturated carbocycles. The number of anilines is 2. The summed E-state index contributed by atoms with van der Waals surface area (Å²) in [5, 5.41) is 2.82. The normalized spacial score (nSPS) is 15.0. The van der Waals surface area contributed by atoms with E-state index < -0.39 is 18.0 Å². The number of benzene rings is 3. The number of imide groups is 1. The Labute approximate surface area is 221 Å². The number of urea groups is 1. The van der Waals surface area contributed by atoms with Gasteiger partial charge in [0.2, 0.25) is 5.91 Å². The van der Waals surface area contributed by atoms with Gasteiger partial charge in [0.25, 0.3) is 5.91 Å². The molecule has 1 atom stereocenters. The molecule has 0 radical (unpaired) electrons. The van der Waals surface area contributed by atoms with Crippen LogP contribution in [0.2, 0.25) is 0 Å². The minimum atomic E-state index is -0.983. The molecule has 1 aliphatic rings. The van der Waals surface area contributed by atoms with E-state index in [1.54, 1.807) is 67.8 Å². The third-order valence-electron chi connectivity index (χ3n) is 6.13. The van der Waals surface area contributed by atoms with Crippen LogP contribution in [0, 0.1) is 0 Å². The number of ether oxygens (including phenoxy) is 3. The molecule has 1 aliphatic heterocycles. The molecular formula is C29H31N3O6. The average molecular weight is 518 g/mol. The predicted octanol–water partition coefficient (Wildman–Crippen LogP) is 4.86. The van der Waals surface area contributed by atoms with Gasteiger partial charge in [0.05, 0.1) is 32.9 Å². The van der Waals surface area contributed by atoms with Crippen molar-refractivity contribution >= 4 is 29.2 Å². The summed E-state index contributed by atoms with van der Waals surface area (Å²) in [4.78, 5) is 42.6. The first-order chi connectivity index (χ1) is 18.4. The Morgan fingerprint density at radius 2 is 1.58 bits per heavy atom. The average Bonchev–Trinajstić information content (AvgIpc) is 3.16. The third-order valence-corrected chi connectivity index (χ3v) is 6.13. The lowest BCUT2D eigenvalue weighted by atomic mass is 10.1. The van der Waals surface area contributed by atoms with E-state index in [4.69, 9.17) is 14.2 Å². The standard InChI is InChI=1S/C29H31N3O6/c1-4-16-38-24-12-8-21(9-13-24)30-27(33)18-26-28(34)32(22-10-14-23(36-2)15-11-22)29(35)31(26)19-20-6-5-7-25(17-20)37-3/h5-15,17,26H,4,16,18-19H2,1-3H3,(H,30,33)/t26-/m1/s1. The first-order valence-corrected chi connectivity index (χ1v) is 12.4. The van der Waals surface area contributed by atoms with Gasteiger partial charge >= 0.3 is 6.03 Å². The molecule has 0 spiro atoms. The summed E-state index contributed by atoms with van der Waals surface area (Å²) in [6.45, 7) is 2.77. The van der Waals surface area contributed by atoms with E-state index in [0.717, 1.165) is 16.9 Å². The molecule has 3 aromatic rings. The van der Waals surface area contributed by atoms with Gasteiger partial charge in [0, 0.05) is 12.2 Å². The Morgan fingerprint density at radius 1 is 0.895 bits per heavy atom. The van der Waals surface area contributed by atoms with Crippen molar-refractivity contribution in [3.05, 3.63) is 78.4 Å². The van der Waals surface area contributed by atoms with Crippen molar-refractivity contribution in [1.82, 2.24) is 4.90 Å². The molecule has 38 heavy (non-hydrogen) atoms. The largest absolute Gasteiger partial charge is 0.497 e. The number of carbonyl (C=O) groups excluding carboxylic acids is 3. The topological polar surface area (TPSA) is 97.4 Å². The van der Waals surface area contributed by atoms with E-state index in [2.05, 4.69) is 5.32 Å². The summed E-state index contributed by atoms with van der Waals surface area (Å²) >= 11 is 0. The van der Waals surface area contributed by atoms with Crippen molar-refractivity contribution in [2.45, 2.75) is 32.4 Å². The van der Waals surface area contributed by atoms with E-state index in [1.807, 2.05) is 19.1 Å². The SMILES string of the molecule is CCCOc1ccc(NC(=O)C[C@@H]2C(=O)N(c3ccc(OC)cc3)C(=O)N2Cc2cccc(OC)c2)cc1. The molecule has 1 saturated heterocycles. The number of methoxy groups -OCH3 is 2. The van der Waals surface area contributed by atoms with Crippen molar-refractivity contribution in [3.8, 4) is 17.2 Å². The monoisotopic (exact) mass is 517 g/mol. The molecule has 4 rings (SSSR count). The van der Waals surface area contributed by atoms with Crippen LogP contribution in [-0.2, 0) is 16.1 Å². The van der Waals surface area contributed by atoms with Crippen LogP contribution < -0.4 is 24.4 Å². The molecule has 1 N–H and O–H groups in total. The first-order valence-electron chi connectivity index (χ1n) is 12.4. The van der Waals surface area contributed by atoms with Crippen molar-refractivity contribution in [2.75, 3.05) is 31.0 Å². The van der Waals surface area contributed by atoms with Gasteiger partial charge in [0.1, 0.15) is 23.3 Å². The lowest BCUT2D eigenvalue weighted by molar-refractivity contribution is -0.124. The fraction of sp³-hybridized carbons (Fsp3) is 0.276. The summed E-state index contributed by atoms with van der Waals surface area (Å²) in [5.41, 5.74) is 1.75. The third kappa shape index (κ3) is 6.05. The molecule has 4 amide bonds. The van der Waals surface area contributed by atoms with Gasteiger partial charge in [0.15, 0.2) is 0 Å². The van der Waals surface area contributed by atoms with Crippen LogP contribution >= 0.6 is 0 Å². The molecular weight excluding hydrogens is 486 g/mol. The fourth-order valence-corrected chi connectivity index (χ4v) is 4.19. The zero-order valence-electron chi connectivity index (χ0n) is 21.7. The second-order valence-electron chi connectivity index (χ2n) is 8.77.